The molecule has 5 saturated heterocycles. The number of amides is 16. The summed E-state index contributed by atoms with van der Waals surface area (Å²) in [6.07, 6.45) is -6.32. The van der Waals surface area contributed by atoms with E-state index in [0.717, 1.165) is 34.4 Å². The average molecular weight is 1450 g/mol. The molecule has 42 heteroatoms. The Bertz CT molecular complexity index is 3130. The van der Waals surface area contributed by atoms with Crippen molar-refractivity contribution in [2.45, 2.75) is 195 Å². The van der Waals surface area contributed by atoms with E-state index < -0.39 is 241 Å². The van der Waals surface area contributed by atoms with Crippen LogP contribution in [-0.2, 0) is 81.5 Å². The fourth-order valence-electron chi connectivity index (χ4n) is 11.6. The molecule has 0 aromatic heterocycles. The third-order valence-electron chi connectivity index (χ3n) is 17.1. The molecule has 2 bridgehead atoms. The van der Waals surface area contributed by atoms with E-state index in [2.05, 4.69) is 63.5 Å². The Kier molecular flexibility index (Phi) is 31.3. The number of nitrogens with zero attached hydrogens (tertiary/aromatic N) is 4. The summed E-state index contributed by atoms with van der Waals surface area (Å²) >= 11 is 0. The lowest BCUT2D eigenvalue weighted by molar-refractivity contribution is -0.150. The second-order valence-corrected chi connectivity index (χ2v) is 27.3. The third-order valence-corrected chi connectivity index (χ3v) is 19.5. The van der Waals surface area contributed by atoms with Gasteiger partial charge in [-0.1, -0.05) is 41.9 Å². The summed E-state index contributed by atoms with van der Waals surface area (Å²) in [7, 11) is 1.42. The molecule has 0 spiro atoms. The van der Waals surface area contributed by atoms with E-state index in [0.29, 0.717) is 10.8 Å². The summed E-state index contributed by atoms with van der Waals surface area (Å²) in [4.78, 5) is 245. The number of nitrogens with two attached hydrogens (primary N) is 4. The monoisotopic (exact) mass is 1450 g/mol. The first kappa shape index (κ1) is 81.5. The molecule has 0 radical (unpaired) electrons. The normalized spacial score (nSPS) is 29.3. The zero-order chi connectivity index (χ0) is 74.4. The van der Waals surface area contributed by atoms with Gasteiger partial charge in [0.2, 0.25) is 94.5 Å². The minimum Gasteiger partial charge on any atom is -0.481 e. The molecule has 5 heterocycles. The van der Waals surface area contributed by atoms with Crippen LogP contribution < -0.4 is 81.4 Å². The van der Waals surface area contributed by atoms with E-state index in [1.165, 1.54) is 4.90 Å². The van der Waals surface area contributed by atoms with Crippen molar-refractivity contribution in [1.29, 1.82) is 0 Å². The number of carboxylic acid groups (broad SMARTS) is 1. The van der Waals surface area contributed by atoms with Crippen molar-refractivity contribution in [2.24, 2.45) is 33.8 Å². The second kappa shape index (κ2) is 38.4. The van der Waals surface area contributed by atoms with Crippen LogP contribution in [0.4, 0.5) is 0 Å². The van der Waals surface area contributed by atoms with Crippen LogP contribution in [0.15, 0.2) is 4.99 Å². The van der Waals surface area contributed by atoms with Crippen molar-refractivity contribution < 1.29 is 102 Å². The molecule has 40 nitrogen and oxygen atoms in total. The van der Waals surface area contributed by atoms with Gasteiger partial charge in [0.05, 0.1) is 44.6 Å². The van der Waals surface area contributed by atoms with Crippen molar-refractivity contribution in [1.82, 2.24) is 73.2 Å². The summed E-state index contributed by atoms with van der Waals surface area (Å²) in [5.74, 6) is -22.0. The highest BCUT2D eigenvalue weighted by atomic mass is 33.1. The predicted octanol–water partition coefficient (Wildman–Crippen LogP) is -10.6. The summed E-state index contributed by atoms with van der Waals surface area (Å²) in [5.41, 5.74) is 22.0. The van der Waals surface area contributed by atoms with Crippen molar-refractivity contribution in [2.75, 3.05) is 50.8 Å². The molecular weight excluding hydrogens is 1360 g/mol. The molecule has 0 unspecified atom stereocenters. The van der Waals surface area contributed by atoms with E-state index in [1.54, 1.807) is 13.8 Å². The van der Waals surface area contributed by atoms with Crippen LogP contribution in [0.1, 0.15) is 105 Å². The van der Waals surface area contributed by atoms with Crippen LogP contribution in [0, 0.1) is 5.92 Å². The SMILES string of the molecule is CC[C@H](C)[C@@H]1NC(=O)[C@@H]2CCCN2C(=O)[C@@H]2CCCN2C(=O)[C@H](CC(=O)O)NC(=O)[C@H](CO)NC(=O)[C@H](CCCN=C(N)N)NC(=O)[C@H]([C@@H](C)O)NC(=O)[C@@H]2CSSC[C@H](NC1=O)C(=O)N[C@@H](CC(N)=O)C(=O)N1CCC[C@H]1C(=O)N[C@@H](CC(N)=O)C(=O)NCC(=O)N[C@@H]([C@@H](C)O)C(=O)N2. The number of fused-ring (bicyclic) bond motifs is 8. The first-order valence-corrected chi connectivity index (χ1v) is 34.9. The molecular formula is C58H91N19O21S2. The van der Waals surface area contributed by atoms with Crippen molar-refractivity contribution in [3.05, 3.63) is 0 Å². The highest BCUT2D eigenvalue weighted by Crippen LogP contribution is 2.28. The van der Waals surface area contributed by atoms with Gasteiger partial charge in [-0.2, -0.15) is 0 Å². The van der Waals surface area contributed by atoms with Crippen molar-refractivity contribution >= 4 is 128 Å². The van der Waals surface area contributed by atoms with Gasteiger partial charge in [-0.05, 0) is 71.1 Å². The van der Waals surface area contributed by atoms with Gasteiger partial charge in [0.1, 0.15) is 78.5 Å². The van der Waals surface area contributed by atoms with E-state index in [9.17, 15) is 102 Å². The zero-order valence-corrected chi connectivity index (χ0v) is 57.2. The number of aliphatic imine (C=N–C) groups is 1. The van der Waals surface area contributed by atoms with E-state index in [4.69, 9.17) is 22.9 Å². The van der Waals surface area contributed by atoms with Crippen LogP contribution in [0.3, 0.4) is 0 Å². The van der Waals surface area contributed by atoms with E-state index >= 15 is 0 Å². The first-order chi connectivity index (χ1) is 47.2. The molecule has 16 atom stereocenters. The standard InChI is InChI=1S/C58H91N19O21S2/c1-5-25(2)42-52(93)70-33-23-99-100-24-34(71-53(94)43(26(3)79)72-40(83)21-64-45(86)29(18-38(59)81)66-50(91)35-11-7-15-75(35)55(96)30(19-39(60)82)67-48(33)89)49(90)74-44(27(4)80)54(95)65-28(10-6-14-63-58(61)62)46(87)69-32(22-78)47(88)68-31(20-41(84)85)56(97)77-17-9-13-37(77)57(98)76-16-8-12-36(76)51(92)73-42/h25-37,42-44,78-80H,5-24H2,1-4H3,(H2,59,81)(H2,60,82)(H,64,86)(H,65,95)(H,66,91)(H,67,89)(H,68,88)(H,69,87)(H,70,93)(H,71,94)(H,72,83)(H,73,92)(H,74,90)(H,84,85)(H4,61,62,63)/t25-,26+,27+,28-,29-,30-,31-,32-,33-,34-,35-,36-,37-,42-,43-,44-/m0/s1. The Balaban J connectivity index is 1.68. The molecule has 5 rings (SSSR count). The van der Waals surface area contributed by atoms with Crippen LogP contribution in [0.2, 0.25) is 0 Å². The molecule has 0 aliphatic carbocycles. The molecule has 5 aliphatic heterocycles. The molecule has 23 N–H and O–H groups in total. The Morgan fingerprint density at radius 1 is 0.500 bits per heavy atom. The van der Waals surface area contributed by atoms with Crippen LogP contribution in [0.25, 0.3) is 0 Å². The lowest BCUT2D eigenvalue weighted by atomic mass is 9.97. The molecule has 0 saturated carbocycles. The quantitative estimate of drug-likeness (QED) is 0.0313. The number of carbonyl (C=O) groups is 17. The molecule has 16 amide bonds. The Labute approximate surface area is 581 Å². The fourth-order valence-corrected chi connectivity index (χ4v) is 14.0. The number of aliphatic hydroxyl groups excluding tert-OH is 3. The van der Waals surface area contributed by atoms with Crippen LogP contribution in [-0.4, -0.2) is 283 Å². The predicted molar refractivity (Wildman–Crippen MR) is 351 cm³/mol. The topological polar surface area (TPSA) is 630 Å². The molecule has 556 valence electrons. The molecule has 5 fully saturated rings. The molecule has 0 aromatic rings. The summed E-state index contributed by atoms with van der Waals surface area (Å²) in [6, 6.07) is -22.8. The number of aliphatic carboxylic acids is 1. The lowest BCUT2D eigenvalue weighted by Crippen LogP contribution is -2.63. The average Bonchev–Trinajstić information content (AvgIpc) is 1.65. The number of carbonyl (C=O) groups excluding carboxylic acids is 16. The number of primary amides is 2. The van der Waals surface area contributed by atoms with Gasteiger partial charge in [-0.15, -0.1) is 0 Å². The highest BCUT2D eigenvalue weighted by molar-refractivity contribution is 8.76. The Morgan fingerprint density at radius 2 is 0.920 bits per heavy atom. The van der Waals surface area contributed by atoms with Gasteiger partial charge < -0.3 is 117 Å². The number of hydrogen-bond donors (Lipinski definition) is 19. The summed E-state index contributed by atoms with van der Waals surface area (Å²) in [5, 5.41) is 68.4. The van der Waals surface area contributed by atoms with E-state index in [1.807, 2.05) is 0 Å². The van der Waals surface area contributed by atoms with Gasteiger partial charge in [-0.3, -0.25) is 86.5 Å². The van der Waals surface area contributed by atoms with E-state index in [-0.39, 0.29) is 89.9 Å². The van der Waals surface area contributed by atoms with Gasteiger partial charge in [0, 0.05) is 37.7 Å². The minimum atomic E-state index is -2.07. The van der Waals surface area contributed by atoms with Gasteiger partial charge in [-0.25, -0.2) is 0 Å². The largest absolute Gasteiger partial charge is 0.481 e. The van der Waals surface area contributed by atoms with Gasteiger partial charge in [0.25, 0.3) is 0 Å². The smallest absolute Gasteiger partial charge is 0.305 e. The third kappa shape index (κ3) is 23.2. The second-order valence-electron chi connectivity index (χ2n) is 24.7. The number of carboxylic acids is 1. The van der Waals surface area contributed by atoms with Crippen molar-refractivity contribution in [3.8, 4) is 0 Å². The lowest BCUT2D eigenvalue weighted by Gasteiger charge is -2.34. The minimum absolute atomic E-state index is 0.00313. The summed E-state index contributed by atoms with van der Waals surface area (Å²) < 4.78 is 0. The zero-order valence-electron chi connectivity index (χ0n) is 55.5. The number of aliphatic hydroxyl groups is 3. The van der Waals surface area contributed by atoms with Crippen molar-refractivity contribution in [3.63, 3.8) is 0 Å². The van der Waals surface area contributed by atoms with Gasteiger partial charge >= 0.3 is 5.97 Å². The maximum Gasteiger partial charge on any atom is 0.305 e. The molecule has 0 aromatic carbocycles. The summed E-state index contributed by atoms with van der Waals surface area (Å²) in [6.45, 7) is 2.57. The van der Waals surface area contributed by atoms with Crippen LogP contribution >= 0.6 is 21.6 Å². The molecule has 100 heavy (non-hydrogen) atoms. The number of nitrogens with one attached hydrogen (secondary N) is 11. The number of rotatable bonds is 15. The Morgan fingerprint density at radius 3 is 1.44 bits per heavy atom. The number of hydrogen-bond acceptors (Lipinski definition) is 23. The maximum absolute atomic E-state index is 14.9. The highest BCUT2D eigenvalue weighted by Gasteiger charge is 2.47. The fraction of sp³-hybridized carbons (Fsp3) is 0.690. The Hall–Kier alpha value is -9.16. The maximum atomic E-state index is 14.9. The van der Waals surface area contributed by atoms with Crippen LogP contribution in [0.5, 0.6) is 0 Å². The first-order valence-electron chi connectivity index (χ1n) is 32.4. The molecule has 5 aliphatic rings. The number of guanidine groups is 1. The van der Waals surface area contributed by atoms with Gasteiger partial charge in [0.15, 0.2) is 5.96 Å².